The highest BCUT2D eigenvalue weighted by Gasteiger charge is 2.08. The van der Waals surface area contributed by atoms with Gasteiger partial charge in [0.25, 0.3) is 0 Å². The summed E-state index contributed by atoms with van der Waals surface area (Å²) in [5.74, 6) is 1.41. The van der Waals surface area contributed by atoms with Crippen molar-refractivity contribution in [3.8, 4) is 0 Å². The molecule has 1 N–H and O–H groups in total. The summed E-state index contributed by atoms with van der Waals surface area (Å²) in [6, 6.07) is 0. The molecule has 0 bridgehead atoms. The summed E-state index contributed by atoms with van der Waals surface area (Å²) in [7, 11) is 0. The first-order chi connectivity index (χ1) is 8.61. The monoisotopic (exact) mass is 255 g/mol. The zero-order valence-electron chi connectivity index (χ0n) is 11.2. The van der Waals surface area contributed by atoms with Gasteiger partial charge in [-0.15, -0.1) is 0 Å². The third kappa shape index (κ3) is 5.77. The van der Waals surface area contributed by atoms with Gasteiger partial charge in [-0.05, 0) is 12.3 Å². The first kappa shape index (κ1) is 14.6. The van der Waals surface area contributed by atoms with Gasteiger partial charge in [0.05, 0.1) is 6.61 Å². The maximum absolute atomic E-state index is 11.4. The number of nitrogens with one attached hydrogen (secondary N) is 1. The molecule has 0 saturated heterocycles. The number of carbonyl (C=O) groups excluding carboxylic acids is 1. The molecule has 0 aromatic carbocycles. The third-order valence-electron chi connectivity index (χ3n) is 2.15. The fraction of sp³-hybridized carbons (Fsp3) is 0.750. The second kappa shape index (κ2) is 7.81. The van der Waals surface area contributed by atoms with E-state index in [1.54, 1.807) is 0 Å². The third-order valence-corrected chi connectivity index (χ3v) is 2.15. The van der Waals surface area contributed by atoms with E-state index in [9.17, 15) is 4.79 Å². The fourth-order valence-electron chi connectivity index (χ4n) is 1.28. The minimum absolute atomic E-state index is 0.175. The molecule has 102 valence electrons. The van der Waals surface area contributed by atoms with Crippen molar-refractivity contribution in [3.05, 3.63) is 11.7 Å². The minimum atomic E-state index is -0.175. The van der Waals surface area contributed by atoms with Crippen LogP contribution in [0.4, 0.5) is 0 Å². The van der Waals surface area contributed by atoms with Crippen molar-refractivity contribution in [2.24, 2.45) is 5.92 Å². The van der Waals surface area contributed by atoms with Gasteiger partial charge in [-0.2, -0.15) is 4.98 Å². The Kier molecular flexibility index (Phi) is 6.35. The maximum Gasteiger partial charge on any atom is 0.244 e. The van der Waals surface area contributed by atoms with E-state index in [0.29, 0.717) is 30.7 Å². The Morgan fingerprint density at radius 3 is 2.89 bits per heavy atom. The van der Waals surface area contributed by atoms with Crippen LogP contribution in [0, 0.1) is 5.92 Å². The number of rotatable bonds is 8. The van der Waals surface area contributed by atoms with E-state index in [2.05, 4.69) is 22.5 Å². The zero-order chi connectivity index (χ0) is 13.4. The van der Waals surface area contributed by atoms with Crippen LogP contribution >= 0.6 is 0 Å². The van der Waals surface area contributed by atoms with Crippen LogP contribution in [-0.4, -0.2) is 22.7 Å². The van der Waals surface area contributed by atoms with Gasteiger partial charge >= 0.3 is 0 Å². The lowest BCUT2D eigenvalue weighted by Gasteiger charge is -2.06. The topological polar surface area (TPSA) is 77.2 Å². The summed E-state index contributed by atoms with van der Waals surface area (Å²) >= 11 is 0. The van der Waals surface area contributed by atoms with Crippen molar-refractivity contribution < 1.29 is 14.2 Å². The summed E-state index contributed by atoms with van der Waals surface area (Å²) in [6.45, 7) is 6.59. The van der Waals surface area contributed by atoms with Crippen molar-refractivity contribution in [3.63, 3.8) is 0 Å². The molecule has 0 aliphatic rings. The first-order valence-electron chi connectivity index (χ1n) is 6.34. The van der Waals surface area contributed by atoms with Crippen LogP contribution < -0.4 is 5.48 Å². The molecular formula is C12H21N3O3. The predicted molar refractivity (Wildman–Crippen MR) is 65.5 cm³/mol. The summed E-state index contributed by atoms with van der Waals surface area (Å²) in [4.78, 5) is 20.6. The molecular weight excluding hydrogens is 234 g/mol. The Morgan fingerprint density at radius 2 is 2.22 bits per heavy atom. The Labute approximate surface area is 107 Å². The number of hydrogen-bond acceptors (Lipinski definition) is 5. The van der Waals surface area contributed by atoms with Crippen LogP contribution in [-0.2, 0) is 22.5 Å². The van der Waals surface area contributed by atoms with Gasteiger partial charge in [0.1, 0.15) is 0 Å². The Hall–Kier alpha value is -1.43. The normalized spacial score (nSPS) is 10.9. The van der Waals surface area contributed by atoms with E-state index < -0.39 is 0 Å². The molecule has 1 heterocycles. The number of nitrogens with zero attached hydrogens (tertiary/aromatic N) is 2. The molecule has 1 amide bonds. The zero-order valence-corrected chi connectivity index (χ0v) is 11.2. The van der Waals surface area contributed by atoms with Crippen molar-refractivity contribution >= 4 is 5.91 Å². The number of carbonyl (C=O) groups is 1. The molecule has 0 spiro atoms. The molecule has 1 aromatic heterocycles. The molecule has 0 aliphatic carbocycles. The molecule has 0 saturated carbocycles. The molecule has 0 fully saturated rings. The van der Waals surface area contributed by atoms with Crippen molar-refractivity contribution in [2.45, 2.75) is 46.5 Å². The molecule has 0 atom stereocenters. The lowest BCUT2D eigenvalue weighted by Crippen LogP contribution is -2.25. The Balaban J connectivity index is 2.20. The largest absolute Gasteiger partial charge is 0.339 e. The fourth-order valence-corrected chi connectivity index (χ4v) is 1.28. The van der Waals surface area contributed by atoms with Crippen molar-refractivity contribution in [1.29, 1.82) is 0 Å². The Morgan fingerprint density at radius 1 is 1.44 bits per heavy atom. The van der Waals surface area contributed by atoms with Gasteiger partial charge in [0, 0.05) is 19.3 Å². The highest BCUT2D eigenvalue weighted by Crippen LogP contribution is 2.03. The van der Waals surface area contributed by atoms with Crippen LogP contribution in [0.2, 0.25) is 0 Å². The molecule has 0 unspecified atom stereocenters. The highest BCUT2D eigenvalue weighted by atomic mass is 16.6. The number of aryl methyl sites for hydroxylation is 2. The number of hydrogen-bond donors (Lipinski definition) is 1. The van der Waals surface area contributed by atoms with E-state index in [1.165, 1.54) is 0 Å². The van der Waals surface area contributed by atoms with E-state index in [0.717, 1.165) is 12.8 Å². The highest BCUT2D eigenvalue weighted by molar-refractivity contribution is 5.74. The first-order valence-corrected chi connectivity index (χ1v) is 6.34. The molecule has 0 aliphatic heterocycles. The summed E-state index contributed by atoms with van der Waals surface area (Å²) in [5, 5.41) is 3.82. The lowest BCUT2D eigenvalue weighted by molar-refractivity contribution is -0.134. The molecule has 6 heteroatoms. The number of hydroxylamine groups is 1. The standard InChI is InChI=1S/C12H21N3O3/c1-4-5-10-13-12(18-14-10)7-6-11(16)15-17-8-9(2)3/h9H,4-8H2,1-3H3,(H,15,16). The quantitative estimate of drug-likeness (QED) is 0.715. The van der Waals surface area contributed by atoms with Crippen molar-refractivity contribution in [2.75, 3.05) is 6.61 Å². The van der Waals surface area contributed by atoms with Gasteiger partial charge in [-0.25, -0.2) is 5.48 Å². The second-order valence-corrected chi connectivity index (χ2v) is 4.58. The van der Waals surface area contributed by atoms with Gasteiger partial charge < -0.3 is 4.52 Å². The summed E-state index contributed by atoms with van der Waals surface area (Å²) in [6.07, 6.45) is 2.50. The molecule has 6 nitrogen and oxygen atoms in total. The smallest absolute Gasteiger partial charge is 0.244 e. The Bertz CT molecular complexity index is 363. The number of aromatic nitrogens is 2. The van der Waals surface area contributed by atoms with Crippen LogP contribution in [0.1, 0.15) is 45.3 Å². The summed E-state index contributed by atoms with van der Waals surface area (Å²) < 4.78 is 5.03. The number of amides is 1. The van der Waals surface area contributed by atoms with Gasteiger partial charge in [-0.1, -0.05) is 25.9 Å². The maximum atomic E-state index is 11.4. The van der Waals surface area contributed by atoms with E-state index in [4.69, 9.17) is 9.36 Å². The minimum Gasteiger partial charge on any atom is -0.339 e. The van der Waals surface area contributed by atoms with E-state index in [1.807, 2.05) is 13.8 Å². The van der Waals surface area contributed by atoms with E-state index >= 15 is 0 Å². The van der Waals surface area contributed by atoms with Crippen LogP contribution in [0.25, 0.3) is 0 Å². The molecule has 0 radical (unpaired) electrons. The van der Waals surface area contributed by atoms with Gasteiger partial charge in [0.2, 0.25) is 11.8 Å². The predicted octanol–water partition coefficient (Wildman–Crippen LogP) is 1.66. The second-order valence-electron chi connectivity index (χ2n) is 4.58. The van der Waals surface area contributed by atoms with Crippen LogP contribution in [0.15, 0.2) is 4.52 Å². The average molecular weight is 255 g/mol. The van der Waals surface area contributed by atoms with Gasteiger partial charge in [0.15, 0.2) is 5.82 Å². The van der Waals surface area contributed by atoms with Gasteiger partial charge in [-0.3, -0.25) is 9.63 Å². The van der Waals surface area contributed by atoms with Crippen LogP contribution in [0.5, 0.6) is 0 Å². The molecule has 1 aromatic rings. The molecule has 1 rings (SSSR count). The molecule has 18 heavy (non-hydrogen) atoms. The lowest BCUT2D eigenvalue weighted by atomic mass is 10.2. The SMILES string of the molecule is CCCc1noc(CCC(=O)NOCC(C)C)n1. The van der Waals surface area contributed by atoms with Crippen LogP contribution in [0.3, 0.4) is 0 Å². The summed E-state index contributed by atoms with van der Waals surface area (Å²) in [5.41, 5.74) is 2.39. The van der Waals surface area contributed by atoms with E-state index in [-0.39, 0.29) is 12.3 Å². The van der Waals surface area contributed by atoms with Crippen molar-refractivity contribution in [1.82, 2.24) is 15.6 Å². The average Bonchev–Trinajstić information content (AvgIpc) is 2.74.